The van der Waals surface area contributed by atoms with E-state index in [4.69, 9.17) is 0 Å². The number of carbonyl (C=O) groups excluding carboxylic acids is 1. The van der Waals surface area contributed by atoms with E-state index in [0.29, 0.717) is 5.56 Å². The van der Waals surface area contributed by atoms with Crippen molar-refractivity contribution in [3.05, 3.63) is 78.9 Å². The normalized spacial score (nSPS) is 10.2. The van der Waals surface area contributed by atoms with Gasteiger partial charge < -0.3 is 9.88 Å². The number of carbonyl (C=O) groups is 1. The maximum Gasteiger partial charge on any atom is 0.255 e. The summed E-state index contributed by atoms with van der Waals surface area (Å²) < 4.78 is 2.01. The number of pyridine rings is 1. The zero-order valence-electron chi connectivity index (χ0n) is 10.7. The van der Waals surface area contributed by atoms with Gasteiger partial charge in [-0.2, -0.15) is 0 Å². The first-order chi connectivity index (χ1) is 9.83. The minimum Gasteiger partial charge on any atom is -0.324 e. The Hall–Kier alpha value is -2.88. The molecule has 0 atom stereocenters. The van der Waals surface area contributed by atoms with Crippen LogP contribution in [0.2, 0.25) is 0 Å². The number of rotatable bonds is 3. The standard InChI is InChI=1S/C16H13N3O/c20-16(13-7-9-17-10-8-13)18-14-3-5-15(6-4-14)19-11-1-2-12-19/h1-12H,(H,18,20). The van der Waals surface area contributed by atoms with Gasteiger partial charge in [0.15, 0.2) is 0 Å². The van der Waals surface area contributed by atoms with E-state index >= 15 is 0 Å². The second kappa shape index (κ2) is 5.40. The van der Waals surface area contributed by atoms with Crippen LogP contribution in [0, 0.1) is 0 Å². The van der Waals surface area contributed by atoms with Gasteiger partial charge in [-0.15, -0.1) is 0 Å². The van der Waals surface area contributed by atoms with Crippen LogP contribution >= 0.6 is 0 Å². The summed E-state index contributed by atoms with van der Waals surface area (Å²) in [6, 6.07) is 15.0. The van der Waals surface area contributed by atoms with Crippen LogP contribution in [0.25, 0.3) is 5.69 Å². The Morgan fingerprint density at radius 1 is 0.950 bits per heavy atom. The van der Waals surface area contributed by atoms with E-state index in [-0.39, 0.29) is 5.91 Å². The van der Waals surface area contributed by atoms with E-state index in [2.05, 4.69) is 10.3 Å². The maximum absolute atomic E-state index is 12.0. The Labute approximate surface area is 116 Å². The first kappa shape index (κ1) is 12.2. The maximum atomic E-state index is 12.0. The van der Waals surface area contributed by atoms with Crippen molar-refractivity contribution in [3.63, 3.8) is 0 Å². The van der Waals surface area contributed by atoms with Crippen molar-refractivity contribution in [1.82, 2.24) is 9.55 Å². The molecular formula is C16H13N3O. The summed E-state index contributed by atoms with van der Waals surface area (Å²) in [4.78, 5) is 15.9. The number of nitrogens with one attached hydrogen (secondary N) is 1. The number of nitrogens with zero attached hydrogens (tertiary/aromatic N) is 2. The summed E-state index contributed by atoms with van der Waals surface area (Å²) in [5, 5.41) is 2.85. The second-order valence-electron chi connectivity index (χ2n) is 4.33. The van der Waals surface area contributed by atoms with Crippen molar-refractivity contribution in [2.75, 3.05) is 5.32 Å². The predicted octanol–water partition coefficient (Wildman–Crippen LogP) is 3.12. The van der Waals surface area contributed by atoms with Gasteiger partial charge in [0.2, 0.25) is 0 Å². The Kier molecular flexibility index (Phi) is 3.29. The van der Waals surface area contributed by atoms with Crippen LogP contribution in [0.3, 0.4) is 0 Å². The topological polar surface area (TPSA) is 46.9 Å². The van der Waals surface area contributed by atoms with Gasteiger partial charge >= 0.3 is 0 Å². The fraction of sp³-hybridized carbons (Fsp3) is 0. The van der Waals surface area contributed by atoms with Crippen LogP contribution < -0.4 is 5.32 Å². The van der Waals surface area contributed by atoms with E-state index in [1.54, 1.807) is 24.5 Å². The molecule has 0 aliphatic carbocycles. The lowest BCUT2D eigenvalue weighted by molar-refractivity contribution is 0.102. The molecule has 0 saturated heterocycles. The molecule has 2 aromatic heterocycles. The third kappa shape index (κ3) is 2.59. The summed E-state index contributed by atoms with van der Waals surface area (Å²) in [7, 11) is 0. The highest BCUT2D eigenvalue weighted by Gasteiger charge is 2.05. The summed E-state index contributed by atoms with van der Waals surface area (Å²) in [5.41, 5.74) is 2.41. The summed E-state index contributed by atoms with van der Waals surface area (Å²) in [6.07, 6.45) is 7.16. The molecule has 3 rings (SSSR count). The lowest BCUT2D eigenvalue weighted by atomic mass is 10.2. The molecular weight excluding hydrogens is 250 g/mol. The molecule has 0 bridgehead atoms. The fourth-order valence-electron chi connectivity index (χ4n) is 1.93. The Morgan fingerprint density at radius 3 is 2.25 bits per heavy atom. The van der Waals surface area contributed by atoms with Crippen LogP contribution in [0.15, 0.2) is 73.3 Å². The predicted molar refractivity (Wildman–Crippen MR) is 78.0 cm³/mol. The molecule has 0 fully saturated rings. The van der Waals surface area contributed by atoms with Gasteiger partial charge in [0.25, 0.3) is 5.91 Å². The molecule has 2 heterocycles. The average molecular weight is 263 g/mol. The highest BCUT2D eigenvalue weighted by atomic mass is 16.1. The molecule has 1 N–H and O–H groups in total. The number of hydrogen-bond donors (Lipinski definition) is 1. The van der Waals surface area contributed by atoms with Crippen LogP contribution in [0.4, 0.5) is 5.69 Å². The van der Waals surface area contributed by atoms with Gasteiger partial charge in [-0.05, 0) is 48.5 Å². The van der Waals surface area contributed by atoms with Crippen molar-refractivity contribution in [1.29, 1.82) is 0 Å². The van der Waals surface area contributed by atoms with Crippen molar-refractivity contribution in [3.8, 4) is 5.69 Å². The molecule has 0 aliphatic heterocycles. The Balaban J connectivity index is 1.74. The molecule has 98 valence electrons. The zero-order chi connectivity index (χ0) is 13.8. The third-order valence-electron chi connectivity index (χ3n) is 2.97. The van der Waals surface area contributed by atoms with Crippen LogP contribution in [-0.2, 0) is 0 Å². The van der Waals surface area contributed by atoms with E-state index in [1.165, 1.54) is 0 Å². The largest absolute Gasteiger partial charge is 0.324 e. The molecule has 1 amide bonds. The third-order valence-corrected chi connectivity index (χ3v) is 2.97. The van der Waals surface area contributed by atoms with Crippen molar-refractivity contribution in [2.45, 2.75) is 0 Å². The van der Waals surface area contributed by atoms with Crippen molar-refractivity contribution in [2.24, 2.45) is 0 Å². The van der Waals surface area contributed by atoms with E-state index in [1.807, 2.05) is 53.4 Å². The first-order valence-electron chi connectivity index (χ1n) is 6.28. The van der Waals surface area contributed by atoms with Crippen molar-refractivity contribution < 1.29 is 4.79 Å². The van der Waals surface area contributed by atoms with E-state index in [0.717, 1.165) is 11.4 Å². The highest BCUT2D eigenvalue weighted by molar-refractivity contribution is 6.04. The van der Waals surface area contributed by atoms with Gasteiger partial charge in [-0.1, -0.05) is 0 Å². The van der Waals surface area contributed by atoms with Gasteiger partial charge in [-0.25, -0.2) is 0 Å². The quantitative estimate of drug-likeness (QED) is 0.789. The molecule has 0 unspecified atom stereocenters. The Bertz CT molecular complexity index is 688. The fourth-order valence-corrected chi connectivity index (χ4v) is 1.93. The lowest BCUT2D eigenvalue weighted by Gasteiger charge is -2.07. The Morgan fingerprint density at radius 2 is 1.60 bits per heavy atom. The van der Waals surface area contributed by atoms with Crippen LogP contribution in [0.5, 0.6) is 0 Å². The second-order valence-corrected chi connectivity index (χ2v) is 4.33. The molecule has 0 saturated carbocycles. The van der Waals surface area contributed by atoms with Gasteiger partial charge in [0.1, 0.15) is 0 Å². The minimum atomic E-state index is -0.138. The lowest BCUT2D eigenvalue weighted by Crippen LogP contribution is -2.11. The SMILES string of the molecule is O=C(Nc1ccc(-n2cccc2)cc1)c1ccncc1. The molecule has 0 radical (unpaired) electrons. The molecule has 0 aliphatic rings. The number of amides is 1. The first-order valence-corrected chi connectivity index (χ1v) is 6.28. The number of hydrogen-bond acceptors (Lipinski definition) is 2. The summed E-state index contributed by atoms with van der Waals surface area (Å²) in [5.74, 6) is -0.138. The summed E-state index contributed by atoms with van der Waals surface area (Å²) >= 11 is 0. The molecule has 1 aromatic carbocycles. The van der Waals surface area contributed by atoms with Crippen LogP contribution in [-0.4, -0.2) is 15.5 Å². The van der Waals surface area contributed by atoms with E-state index < -0.39 is 0 Å². The van der Waals surface area contributed by atoms with E-state index in [9.17, 15) is 4.79 Å². The smallest absolute Gasteiger partial charge is 0.255 e. The van der Waals surface area contributed by atoms with Crippen LogP contribution in [0.1, 0.15) is 10.4 Å². The zero-order valence-corrected chi connectivity index (χ0v) is 10.7. The molecule has 0 spiro atoms. The van der Waals surface area contributed by atoms with Gasteiger partial charge in [0.05, 0.1) is 0 Å². The number of benzene rings is 1. The molecule has 4 nitrogen and oxygen atoms in total. The monoisotopic (exact) mass is 263 g/mol. The van der Waals surface area contributed by atoms with Gasteiger partial charge in [-0.3, -0.25) is 9.78 Å². The molecule has 4 heteroatoms. The van der Waals surface area contributed by atoms with Gasteiger partial charge in [0, 0.05) is 41.7 Å². The number of aromatic nitrogens is 2. The number of anilines is 1. The highest BCUT2D eigenvalue weighted by Crippen LogP contribution is 2.14. The summed E-state index contributed by atoms with van der Waals surface area (Å²) in [6.45, 7) is 0. The molecule has 3 aromatic rings. The average Bonchev–Trinajstić information content (AvgIpc) is 3.03. The molecule has 20 heavy (non-hydrogen) atoms. The van der Waals surface area contributed by atoms with Crippen molar-refractivity contribution >= 4 is 11.6 Å². The minimum absolute atomic E-state index is 0.138.